The molecule has 0 amide bonds. The Bertz CT molecular complexity index is 630. The fourth-order valence-corrected chi connectivity index (χ4v) is 7.60. The molecule has 1 saturated heterocycles. The summed E-state index contributed by atoms with van der Waals surface area (Å²) in [6.45, 7) is 14.1. The van der Waals surface area contributed by atoms with Crippen LogP contribution < -0.4 is 5.32 Å². The lowest BCUT2D eigenvalue weighted by molar-refractivity contribution is -0.278. The van der Waals surface area contributed by atoms with Crippen molar-refractivity contribution >= 4 is 5.97 Å². The Morgan fingerprint density at radius 2 is 0.930 bits per heavy atom. The molecule has 0 spiro atoms. The highest BCUT2D eigenvalue weighted by Crippen LogP contribution is 2.39. The van der Waals surface area contributed by atoms with Crippen LogP contribution in [0.4, 0.5) is 0 Å². The number of hydrogen-bond donors (Lipinski definition) is 1. The van der Waals surface area contributed by atoms with Crippen molar-refractivity contribution in [3.05, 3.63) is 0 Å². The number of piperidine rings is 1. The maximum Gasteiger partial charge on any atom is 0.345 e. The third kappa shape index (κ3) is 22.5. The second-order valence-electron chi connectivity index (χ2n) is 15.5. The highest BCUT2D eigenvalue weighted by molar-refractivity contribution is 5.72. The summed E-state index contributed by atoms with van der Waals surface area (Å²) >= 11 is 0. The lowest BCUT2D eigenvalue weighted by Crippen LogP contribution is -2.59. The van der Waals surface area contributed by atoms with E-state index in [0.29, 0.717) is 12.5 Å². The van der Waals surface area contributed by atoms with E-state index in [2.05, 4.69) is 46.9 Å². The van der Waals surface area contributed by atoms with Gasteiger partial charge < -0.3 is 5.32 Å². The van der Waals surface area contributed by atoms with Gasteiger partial charge in [0.25, 0.3) is 0 Å². The lowest BCUT2D eigenvalue weighted by atomic mass is 9.69. The first-order chi connectivity index (χ1) is 20.7. The first-order valence-corrected chi connectivity index (χ1v) is 19.3. The van der Waals surface area contributed by atoms with E-state index in [9.17, 15) is 4.79 Å². The normalized spacial score (nSPS) is 17.3. The molecule has 43 heavy (non-hydrogen) atoms. The van der Waals surface area contributed by atoms with Crippen LogP contribution >= 0.6 is 0 Å². The van der Waals surface area contributed by atoms with Crippen molar-refractivity contribution in [2.45, 2.75) is 226 Å². The van der Waals surface area contributed by atoms with Crippen LogP contribution in [0.1, 0.15) is 215 Å². The molecule has 0 aromatic rings. The van der Waals surface area contributed by atoms with Gasteiger partial charge >= 0.3 is 5.97 Å². The summed E-state index contributed by atoms with van der Waals surface area (Å²) in [7, 11) is 0. The zero-order chi connectivity index (χ0) is 31.7. The van der Waals surface area contributed by atoms with Crippen LogP contribution in [0.3, 0.4) is 0 Å². The van der Waals surface area contributed by atoms with Gasteiger partial charge in [-0.15, -0.1) is 0 Å². The molecule has 0 saturated carbocycles. The van der Waals surface area contributed by atoms with E-state index in [1.807, 2.05) is 0 Å². The van der Waals surface area contributed by atoms with E-state index < -0.39 is 0 Å². The second kappa shape index (κ2) is 25.6. The van der Waals surface area contributed by atoms with Crippen molar-refractivity contribution in [2.24, 2.45) is 11.8 Å². The Morgan fingerprint density at radius 3 is 1.33 bits per heavy atom. The smallest absolute Gasteiger partial charge is 0.307 e. The van der Waals surface area contributed by atoms with E-state index in [-0.39, 0.29) is 23.0 Å². The molecule has 4 nitrogen and oxygen atoms in total. The number of carbonyl (C=O) groups is 1. The Balaban J connectivity index is 2.23. The molecule has 256 valence electrons. The van der Waals surface area contributed by atoms with Crippen molar-refractivity contribution in [1.29, 1.82) is 0 Å². The van der Waals surface area contributed by atoms with Crippen LogP contribution in [-0.2, 0) is 14.6 Å². The van der Waals surface area contributed by atoms with Crippen molar-refractivity contribution in [3.63, 3.8) is 0 Å². The first-order valence-electron chi connectivity index (χ1n) is 19.3. The standard InChI is InChI=1S/C39H77NO3/c1-7-9-11-13-15-16-17-18-19-20-21-22-23-24-25-26-27-29-31-36(35-33-38(3,4)40-39(5,6)34-35)37(41)43-42-32-30-28-14-12-10-8-2/h35-36,40H,7-34H2,1-6H3. The summed E-state index contributed by atoms with van der Waals surface area (Å²) in [6.07, 6.45) is 35.0. The second-order valence-corrected chi connectivity index (χ2v) is 15.5. The monoisotopic (exact) mass is 608 g/mol. The molecule has 1 N–H and O–H groups in total. The zero-order valence-corrected chi connectivity index (χ0v) is 30.2. The molecule has 1 unspecified atom stereocenters. The molecule has 0 bridgehead atoms. The fourth-order valence-electron chi connectivity index (χ4n) is 7.60. The third-order valence-electron chi connectivity index (χ3n) is 9.68. The van der Waals surface area contributed by atoms with Crippen LogP contribution in [0.15, 0.2) is 0 Å². The summed E-state index contributed by atoms with van der Waals surface area (Å²) in [4.78, 5) is 24.2. The van der Waals surface area contributed by atoms with Crippen LogP contribution in [0.2, 0.25) is 0 Å². The van der Waals surface area contributed by atoms with Crippen molar-refractivity contribution in [3.8, 4) is 0 Å². The summed E-state index contributed by atoms with van der Waals surface area (Å²) in [5.41, 5.74) is 0.0519. The van der Waals surface area contributed by atoms with Gasteiger partial charge in [-0.1, -0.05) is 162 Å². The largest absolute Gasteiger partial charge is 0.345 e. The van der Waals surface area contributed by atoms with Crippen LogP contribution in [0.5, 0.6) is 0 Å². The molecule has 0 aromatic heterocycles. The van der Waals surface area contributed by atoms with E-state index in [1.54, 1.807) is 0 Å². The topological polar surface area (TPSA) is 47.6 Å². The fraction of sp³-hybridized carbons (Fsp3) is 0.974. The molecule has 1 fully saturated rings. The van der Waals surface area contributed by atoms with Crippen molar-refractivity contribution in [1.82, 2.24) is 5.32 Å². The average Bonchev–Trinajstić information content (AvgIpc) is 2.94. The summed E-state index contributed by atoms with van der Waals surface area (Å²) in [5.74, 6) is 0.143. The van der Waals surface area contributed by atoms with E-state index in [4.69, 9.17) is 9.78 Å². The molecule has 0 radical (unpaired) electrons. The zero-order valence-electron chi connectivity index (χ0n) is 30.2. The van der Waals surface area contributed by atoms with Gasteiger partial charge in [0, 0.05) is 11.1 Å². The molecular formula is C39H77NO3. The molecule has 1 aliphatic rings. The Labute approximate surface area is 269 Å². The minimum atomic E-state index is -0.128. The minimum Gasteiger partial charge on any atom is -0.307 e. The highest BCUT2D eigenvalue weighted by atomic mass is 17.2. The van der Waals surface area contributed by atoms with Gasteiger partial charge in [-0.25, -0.2) is 4.79 Å². The lowest BCUT2D eigenvalue weighted by Gasteiger charge is -2.48. The number of carbonyl (C=O) groups excluding carboxylic acids is 1. The predicted octanol–water partition coefficient (Wildman–Crippen LogP) is 12.4. The van der Waals surface area contributed by atoms with Crippen LogP contribution in [0.25, 0.3) is 0 Å². The predicted molar refractivity (Wildman–Crippen MR) is 186 cm³/mol. The molecule has 4 heteroatoms. The Morgan fingerprint density at radius 1 is 0.581 bits per heavy atom. The van der Waals surface area contributed by atoms with Gasteiger partial charge in [-0.05, 0) is 59.3 Å². The summed E-state index contributed by atoms with van der Waals surface area (Å²) in [6, 6.07) is 0. The maximum absolute atomic E-state index is 13.3. The van der Waals surface area contributed by atoms with Crippen LogP contribution in [-0.4, -0.2) is 23.7 Å². The number of nitrogens with one attached hydrogen (secondary N) is 1. The van der Waals surface area contributed by atoms with E-state index >= 15 is 0 Å². The minimum absolute atomic E-state index is 0.0260. The first kappa shape index (κ1) is 40.4. The molecule has 1 atom stereocenters. The number of rotatable bonds is 29. The highest BCUT2D eigenvalue weighted by Gasteiger charge is 2.43. The maximum atomic E-state index is 13.3. The van der Waals surface area contributed by atoms with Gasteiger partial charge in [0.1, 0.15) is 0 Å². The summed E-state index contributed by atoms with van der Waals surface area (Å²) in [5, 5.41) is 3.78. The molecule has 1 heterocycles. The quantitative estimate of drug-likeness (QED) is 0.0522. The van der Waals surface area contributed by atoms with E-state index in [1.165, 1.54) is 135 Å². The van der Waals surface area contributed by atoms with Gasteiger partial charge in [-0.3, -0.25) is 4.89 Å². The average molecular weight is 608 g/mol. The van der Waals surface area contributed by atoms with Gasteiger partial charge in [0.2, 0.25) is 0 Å². The van der Waals surface area contributed by atoms with Gasteiger partial charge in [0.15, 0.2) is 0 Å². The molecule has 1 aliphatic heterocycles. The number of unbranched alkanes of at least 4 members (excludes halogenated alkanes) is 22. The van der Waals surface area contributed by atoms with Gasteiger partial charge in [0.05, 0.1) is 12.5 Å². The number of hydrogen-bond acceptors (Lipinski definition) is 4. The van der Waals surface area contributed by atoms with Crippen molar-refractivity contribution < 1.29 is 14.6 Å². The third-order valence-corrected chi connectivity index (χ3v) is 9.68. The Hall–Kier alpha value is -0.610. The van der Waals surface area contributed by atoms with E-state index in [0.717, 1.165) is 38.5 Å². The van der Waals surface area contributed by atoms with Crippen molar-refractivity contribution in [2.75, 3.05) is 6.61 Å². The Kier molecular flexibility index (Phi) is 24.0. The summed E-state index contributed by atoms with van der Waals surface area (Å²) < 4.78 is 0. The SMILES string of the molecule is CCCCCCCCCCCCCCCCCCCCC(C(=O)OOCCCCCCCC)C1CC(C)(C)NC(C)(C)C1. The van der Waals surface area contributed by atoms with Gasteiger partial charge in [-0.2, -0.15) is 4.89 Å². The molecule has 1 rings (SSSR count). The van der Waals surface area contributed by atoms with Crippen LogP contribution in [0, 0.1) is 11.8 Å². The molecular weight excluding hydrogens is 530 g/mol. The molecule has 0 aromatic carbocycles. The molecule has 0 aliphatic carbocycles.